The molecule has 3 heteroatoms. The Kier molecular flexibility index (Phi) is 4.16. The monoisotopic (exact) mass is 294 g/mol. The van der Waals surface area contributed by atoms with Gasteiger partial charge < -0.3 is 15.0 Å². The van der Waals surface area contributed by atoms with Crippen LogP contribution in [-0.2, 0) is 19.7 Å². The molecule has 0 bridgehead atoms. The SMILES string of the molecule is CCn1cc(COc2ccc(C)cc2)c2cccc(CN)c21. The molecule has 0 saturated heterocycles. The third-order valence-corrected chi connectivity index (χ3v) is 4.04. The average Bonchev–Trinajstić information content (AvgIpc) is 2.92. The fraction of sp³-hybridized carbons (Fsp3) is 0.263. The maximum absolute atomic E-state index is 5.94. The van der Waals surface area contributed by atoms with Crippen LogP contribution in [0.15, 0.2) is 48.7 Å². The zero-order valence-electron chi connectivity index (χ0n) is 13.2. The van der Waals surface area contributed by atoms with E-state index in [0.29, 0.717) is 13.2 Å². The van der Waals surface area contributed by atoms with Crippen molar-refractivity contribution in [2.75, 3.05) is 0 Å². The molecule has 0 aliphatic heterocycles. The van der Waals surface area contributed by atoms with Crippen LogP contribution in [0.25, 0.3) is 10.9 Å². The van der Waals surface area contributed by atoms with Gasteiger partial charge in [0, 0.05) is 30.2 Å². The number of aromatic nitrogens is 1. The van der Waals surface area contributed by atoms with Crippen LogP contribution < -0.4 is 10.5 Å². The number of fused-ring (bicyclic) bond motifs is 1. The molecule has 3 nitrogen and oxygen atoms in total. The van der Waals surface area contributed by atoms with Crippen molar-refractivity contribution in [1.29, 1.82) is 0 Å². The molecular formula is C19H22N2O. The summed E-state index contributed by atoms with van der Waals surface area (Å²) in [6, 6.07) is 14.5. The van der Waals surface area contributed by atoms with Crippen LogP contribution in [0, 0.1) is 6.92 Å². The van der Waals surface area contributed by atoms with E-state index in [1.165, 1.54) is 27.6 Å². The lowest BCUT2D eigenvalue weighted by Gasteiger charge is -2.06. The number of para-hydroxylation sites is 1. The number of nitrogens with zero attached hydrogens (tertiary/aromatic N) is 1. The Morgan fingerprint density at radius 2 is 1.82 bits per heavy atom. The van der Waals surface area contributed by atoms with E-state index >= 15 is 0 Å². The maximum Gasteiger partial charge on any atom is 0.119 e. The van der Waals surface area contributed by atoms with Crippen LogP contribution in [-0.4, -0.2) is 4.57 Å². The van der Waals surface area contributed by atoms with E-state index in [1.807, 2.05) is 12.1 Å². The molecule has 2 aromatic carbocycles. The van der Waals surface area contributed by atoms with E-state index in [-0.39, 0.29) is 0 Å². The summed E-state index contributed by atoms with van der Waals surface area (Å²) in [7, 11) is 0. The van der Waals surface area contributed by atoms with Gasteiger partial charge in [0.1, 0.15) is 12.4 Å². The number of benzene rings is 2. The van der Waals surface area contributed by atoms with Crippen LogP contribution in [0.1, 0.15) is 23.6 Å². The van der Waals surface area contributed by atoms with Gasteiger partial charge in [-0.05, 0) is 31.5 Å². The van der Waals surface area contributed by atoms with Crippen molar-refractivity contribution in [3.63, 3.8) is 0 Å². The number of ether oxygens (including phenoxy) is 1. The van der Waals surface area contributed by atoms with Gasteiger partial charge in [0.2, 0.25) is 0 Å². The van der Waals surface area contributed by atoms with Crippen molar-refractivity contribution < 1.29 is 4.74 Å². The van der Waals surface area contributed by atoms with Crippen molar-refractivity contribution in [3.8, 4) is 5.75 Å². The molecule has 114 valence electrons. The van der Waals surface area contributed by atoms with Gasteiger partial charge in [-0.1, -0.05) is 35.9 Å². The van der Waals surface area contributed by atoms with E-state index in [0.717, 1.165) is 12.3 Å². The quantitative estimate of drug-likeness (QED) is 0.772. The summed E-state index contributed by atoms with van der Waals surface area (Å²) in [4.78, 5) is 0. The minimum atomic E-state index is 0.555. The van der Waals surface area contributed by atoms with E-state index in [9.17, 15) is 0 Å². The van der Waals surface area contributed by atoms with Crippen molar-refractivity contribution in [3.05, 3.63) is 65.4 Å². The Hall–Kier alpha value is -2.26. The van der Waals surface area contributed by atoms with Crippen LogP contribution in [0.3, 0.4) is 0 Å². The van der Waals surface area contributed by atoms with E-state index in [1.54, 1.807) is 0 Å². The zero-order valence-corrected chi connectivity index (χ0v) is 13.2. The molecule has 0 atom stereocenters. The molecule has 3 rings (SSSR count). The molecular weight excluding hydrogens is 272 g/mol. The average molecular weight is 294 g/mol. The Morgan fingerprint density at radius 3 is 2.50 bits per heavy atom. The first-order chi connectivity index (χ1) is 10.7. The highest BCUT2D eigenvalue weighted by molar-refractivity contribution is 5.86. The topological polar surface area (TPSA) is 40.2 Å². The first-order valence-corrected chi connectivity index (χ1v) is 7.72. The molecule has 0 saturated carbocycles. The van der Waals surface area contributed by atoms with Crippen LogP contribution in [0.2, 0.25) is 0 Å². The Labute approximate surface area is 131 Å². The highest BCUT2D eigenvalue weighted by Crippen LogP contribution is 2.26. The van der Waals surface area contributed by atoms with Gasteiger partial charge in [0.25, 0.3) is 0 Å². The summed E-state index contributed by atoms with van der Waals surface area (Å²) in [5, 5.41) is 1.23. The normalized spacial score (nSPS) is 11.0. The summed E-state index contributed by atoms with van der Waals surface area (Å²) >= 11 is 0. The lowest BCUT2D eigenvalue weighted by Crippen LogP contribution is -2.00. The molecule has 2 N–H and O–H groups in total. The molecule has 0 amide bonds. The van der Waals surface area contributed by atoms with Gasteiger partial charge >= 0.3 is 0 Å². The molecule has 3 aromatic rings. The molecule has 0 fully saturated rings. The molecule has 1 aromatic heterocycles. The first-order valence-electron chi connectivity index (χ1n) is 7.72. The maximum atomic E-state index is 5.94. The van der Waals surface area contributed by atoms with Gasteiger partial charge in [0.05, 0.1) is 5.52 Å². The lowest BCUT2D eigenvalue weighted by molar-refractivity contribution is 0.307. The summed E-state index contributed by atoms with van der Waals surface area (Å²) in [6.07, 6.45) is 2.18. The van der Waals surface area contributed by atoms with Crippen LogP contribution in [0.4, 0.5) is 0 Å². The summed E-state index contributed by atoms with van der Waals surface area (Å²) in [6.45, 7) is 6.28. The second-order valence-electron chi connectivity index (χ2n) is 5.56. The largest absolute Gasteiger partial charge is 0.489 e. The third kappa shape index (κ3) is 2.72. The predicted molar refractivity (Wildman–Crippen MR) is 91.0 cm³/mol. The number of nitrogens with two attached hydrogens (primary N) is 1. The van der Waals surface area contributed by atoms with E-state index in [4.69, 9.17) is 10.5 Å². The highest BCUT2D eigenvalue weighted by Gasteiger charge is 2.11. The van der Waals surface area contributed by atoms with E-state index in [2.05, 4.69) is 54.9 Å². The van der Waals surface area contributed by atoms with Crippen molar-refractivity contribution in [1.82, 2.24) is 4.57 Å². The van der Waals surface area contributed by atoms with Crippen LogP contribution in [0.5, 0.6) is 5.75 Å². The molecule has 22 heavy (non-hydrogen) atoms. The summed E-state index contributed by atoms with van der Waals surface area (Å²) in [5.74, 6) is 0.901. The van der Waals surface area contributed by atoms with Crippen molar-refractivity contribution in [2.45, 2.75) is 33.5 Å². The zero-order chi connectivity index (χ0) is 15.5. The minimum absolute atomic E-state index is 0.555. The van der Waals surface area contributed by atoms with Gasteiger partial charge in [-0.3, -0.25) is 0 Å². The second kappa shape index (κ2) is 6.24. The number of hydrogen-bond acceptors (Lipinski definition) is 2. The standard InChI is InChI=1S/C19H22N2O/c1-3-21-12-16(13-22-17-9-7-14(2)8-10-17)18-6-4-5-15(11-20)19(18)21/h4-10,12H,3,11,13,20H2,1-2H3. The molecule has 1 heterocycles. The highest BCUT2D eigenvalue weighted by atomic mass is 16.5. The second-order valence-corrected chi connectivity index (χ2v) is 5.56. The summed E-state index contributed by atoms with van der Waals surface area (Å²) < 4.78 is 8.20. The fourth-order valence-corrected chi connectivity index (χ4v) is 2.84. The minimum Gasteiger partial charge on any atom is -0.489 e. The molecule has 0 unspecified atom stereocenters. The van der Waals surface area contributed by atoms with Gasteiger partial charge in [-0.15, -0.1) is 0 Å². The number of hydrogen-bond donors (Lipinski definition) is 1. The van der Waals surface area contributed by atoms with E-state index < -0.39 is 0 Å². The third-order valence-electron chi connectivity index (χ3n) is 4.04. The fourth-order valence-electron chi connectivity index (χ4n) is 2.84. The van der Waals surface area contributed by atoms with Crippen molar-refractivity contribution in [2.24, 2.45) is 5.73 Å². The lowest BCUT2D eigenvalue weighted by atomic mass is 10.1. The smallest absolute Gasteiger partial charge is 0.119 e. The summed E-state index contributed by atoms with van der Waals surface area (Å²) in [5.41, 5.74) is 10.7. The number of rotatable bonds is 5. The Balaban J connectivity index is 1.92. The molecule has 0 aliphatic rings. The predicted octanol–water partition coefficient (Wildman–Crippen LogP) is 4.01. The Morgan fingerprint density at radius 1 is 1.05 bits per heavy atom. The van der Waals surface area contributed by atoms with Gasteiger partial charge in [0.15, 0.2) is 0 Å². The van der Waals surface area contributed by atoms with Gasteiger partial charge in [-0.2, -0.15) is 0 Å². The van der Waals surface area contributed by atoms with Gasteiger partial charge in [-0.25, -0.2) is 0 Å². The molecule has 0 radical (unpaired) electrons. The Bertz CT molecular complexity index is 772. The number of aryl methyl sites for hydroxylation is 2. The first kappa shape index (κ1) is 14.7. The van der Waals surface area contributed by atoms with Crippen LogP contribution >= 0.6 is 0 Å². The van der Waals surface area contributed by atoms with Crippen molar-refractivity contribution >= 4 is 10.9 Å². The molecule has 0 aliphatic carbocycles. The molecule has 0 spiro atoms.